The van der Waals surface area contributed by atoms with Crippen molar-refractivity contribution in [2.75, 3.05) is 6.61 Å². The maximum atomic E-state index is 13.8. The minimum Gasteiger partial charge on any atom is -0.393 e. The van der Waals surface area contributed by atoms with Crippen molar-refractivity contribution in [3.63, 3.8) is 0 Å². The third-order valence-corrected chi connectivity index (χ3v) is 2.65. The first-order valence-electron chi connectivity index (χ1n) is 4.92. The Kier molecular flexibility index (Phi) is 2.45. The van der Waals surface area contributed by atoms with Gasteiger partial charge in [0.15, 0.2) is 5.67 Å². The highest BCUT2D eigenvalue weighted by molar-refractivity contribution is 5.83. The maximum absolute atomic E-state index is 13.8. The Morgan fingerprint density at radius 3 is 2.47 bits per heavy atom. The minimum absolute atomic E-state index is 0.495. The monoisotopic (exact) mass is 204 g/mol. The van der Waals surface area contributed by atoms with Crippen LogP contribution in [0, 0.1) is 0 Å². The molecular weight excluding hydrogens is 191 g/mol. The first kappa shape index (κ1) is 10.1. The Morgan fingerprint density at radius 1 is 1.13 bits per heavy atom. The number of hydrogen-bond donors (Lipinski definition) is 1. The van der Waals surface area contributed by atoms with E-state index in [0.717, 1.165) is 10.8 Å². The van der Waals surface area contributed by atoms with Crippen molar-refractivity contribution in [1.82, 2.24) is 0 Å². The average molecular weight is 204 g/mol. The number of aliphatic hydroxyl groups is 1. The second-order valence-corrected chi connectivity index (χ2v) is 3.92. The molecule has 0 amide bonds. The van der Waals surface area contributed by atoms with Gasteiger partial charge >= 0.3 is 0 Å². The maximum Gasteiger partial charge on any atom is 0.156 e. The van der Waals surface area contributed by atoms with Gasteiger partial charge < -0.3 is 5.11 Å². The van der Waals surface area contributed by atoms with E-state index in [2.05, 4.69) is 0 Å². The van der Waals surface area contributed by atoms with Gasteiger partial charge in [-0.2, -0.15) is 0 Å². The molecule has 15 heavy (non-hydrogen) atoms. The number of benzene rings is 2. The highest BCUT2D eigenvalue weighted by Crippen LogP contribution is 2.27. The van der Waals surface area contributed by atoms with Gasteiger partial charge in [-0.3, -0.25) is 0 Å². The van der Waals surface area contributed by atoms with Gasteiger partial charge in [-0.15, -0.1) is 0 Å². The molecule has 0 bridgehead atoms. The van der Waals surface area contributed by atoms with E-state index in [1.165, 1.54) is 6.92 Å². The molecule has 78 valence electrons. The molecule has 2 aromatic carbocycles. The van der Waals surface area contributed by atoms with Crippen LogP contribution in [-0.2, 0) is 5.67 Å². The summed E-state index contributed by atoms with van der Waals surface area (Å²) in [5.41, 5.74) is -1.15. The summed E-state index contributed by atoms with van der Waals surface area (Å²) in [6.07, 6.45) is 0. The molecule has 0 fully saturated rings. The molecule has 0 heterocycles. The molecule has 2 rings (SSSR count). The van der Waals surface area contributed by atoms with Crippen LogP contribution in [0.4, 0.5) is 4.39 Å². The summed E-state index contributed by atoms with van der Waals surface area (Å²) >= 11 is 0. The van der Waals surface area contributed by atoms with E-state index in [4.69, 9.17) is 5.11 Å². The van der Waals surface area contributed by atoms with Crippen molar-refractivity contribution in [3.8, 4) is 0 Å². The van der Waals surface area contributed by atoms with E-state index in [1.807, 2.05) is 30.3 Å². The van der Waals surface area contributed by atoms with Gasteiger partial charge in [0.25, 0.3) is 0 Å². The predicted octanol–water partition coefficient (Wildman–Crippen LogP) is 3.02. The van der Waals surface area contributed by atoms with Crippen LogP contribution in [0.2, 0.25) is 0 Å². The first-order chi connectivity index (χ1) is 7.13. The molecule has 2 heteroatoms. The lowest BCUT2D eigenvalue weighted by molar-refractivity contribution is 0.0869. The summed E-state index contributed by atoms with van der Waals surface area (Å²) in [6, 6.07) is 13.2. The van der Waals surface area contributed by atoms with Crippen LogP contribution in [-0.4, -0.2) is 11.7 Å². The number of fused-ring (bicyclic) bond motifs is 1. The van der Waals surface area contributed by atoms with Crippen molar-refractivity contribution >= 4 is 10.8 Å². The average Bonchev–Trinajstić information content (AvgIpc) is 2.28. The molecule has 0 unspecified atom stereocenters. The lowest BCUT2D eigenvalue weighted by Gasteiger charge is -2.18. The normalized spacial score (nSPS) is 15.1. The van der Waals surface area contributed by atoms with E-state index >= 15 is 0 Å². The standard InChI is InChI=1S/C13H13FO/c1-13(14,9-15)12-7-6-10-4-2-3-5-11(10)8-12/h2-8,15H,9H2,1H3/t13-/m1/s1. The zero-order valence-electron chi connectivity index (χ0n) is 8.57. The van der Waals surface area contributed by atoms with Gasteiger partial charge in [-0.05, 0) is 29.3 Å². The van der Waals surface area contributed by atoms with Crippen LogP contribution in [0.3, 0.4) is 0 Å². The number of alkyl halides is 1. The van der Waals surface area contributed by atoms with Crippen LogP contribution in [0.25, 0.3) is 10.8 Å². The van der Waals surface area contributed by atoms with Crippen LogP contribution >= 0.6 is 0 Å². The summed E-state index contributed by atoms with van der Waals surface area (Å²) in [5, 5.41) is 11.0. The van der Waals surface area contributed by atoms with Crippen molar-refractivity contribution < 1.29 is 9.50 Å². The van der Waals surface area contributed by atoms with Gasteiger partial charge in [-0.1, -0.05) is 36.4 Å². The molecule has 0 radical (unpaired) electrons. The molecule has 0 aliphatic heterocycles. The Labute approximate surface area is 88.2 Å². The van der Waals surface area contributed by atoms with Crippen molar-refractivity contribution in [1.29, 1.82) is 0 Å². The molecule has 1 nitrogen and oxygen atoms in total. The zero-order chi connectivity index (χ0) is 10.9. The van der Waals surface area contributed by atoms with Crippen molar-refractivity contribution in [3.05, 3.63) is 48.0 Å². The third-order valence-electron chi connectivity index (χ3n) is 2.65. The molecule has 0 aliphatic rings. The molecule has 0 aromatic heterocycles. The number of rotatable bonds is 2. The van der Waals surface area contributed by atoms with Crippen LogP contribution in [0.5, 0.6) is 0 Å². The minimum atomic E-state index is -1.66. The fourth-order valence-electron chi connectivity index (χ4n) is 1.60. The van der Waals surface area contributed by atoms with E-state index in [1.54, 1.807) is 12.1 Å². The van der Waals surface area contributed by atoms with E-state index in [9.17, 15) is 4.39 Å². The number of aliphatic hydroxyl groups excluding tert-OH is 1. The number of hydrogen-bond acceptors (Lipinski definition) is 1. The largest absolute Gasteiger partial charge is 0.393 e. The Morgan fingerprint density at radius 2 is 1.80 bits per heavy atom. The Bertz CT molecular complexity index is 477. The summed E-state index contributed by atoms with van der Waals surface area (Å²) in [7, 11) is 0. The summed E-state index contributed by atoms with van der Waals surface area (Å²) < 4.78 is 13.8. The fourth-order valence-corrected chi connectivity index (χ4v) is 1.60. The number of halogens is 1. The Balaban J connectivity index is 2.56. The van der Waals surface area contributed by atoms with Crippen LogP contribution < -0.4 is 0 Å². The molecular formula is C13H13FO. The highest BCUT2D eigenvalue weighted by Gasteiger charge is 2.24. The molecule has 0 saturated carbocycles. The van der Waals surface area contributed by atoms with Gasteiger partial charge in [-0.25, -0.2) is 4.39 Å². The summed E-state index contributed by atoms with van der Waals surface area (Å²) in [6.45, 7) is 0.891. The van der Waals surface area contributed by atoms with Crippen LogP contribution in [0.1, 0.15) is 12.5 Å². The SMILES string of the molecule is C[C@@](F)(CO)c1ccc2ccccc2c1. The smallest absolute Gasteiger partial charge is 0.156 e. The summed E-state index contributed by atoms with van der Waals surface area (Å²) in [4.78, 5) is 0. The van der Waals surface area contributed by atoms with Gasteiger partial charge in [0.05, 0.1) is 6.61 Å². The molecule has 1 atom stereocenters. The van der Waals surface area contributed by atoms with Crippen molar-refractivity contribution in [2.24, 2.45) is 0 Å². The quantitative estimate of drug-likeness (QED) is 0.797. The molecule has 1 N–H and O–H groups in total. The van der Waals surface area contributed by atoms with E-state index in [0.29, 0.717) is 5.56 Å². The van der Waals surface area contributed by atoms with Crippen molar-refractivity contribution in [2.45, 2.75) is 12.6 Å². The second-order valence-electron chi connectivity index (χ2n) is 3.92. The second kappa shape index (κ2) is 3.63. The van der Waals surface area contributed by atoms with Gasteiger partial charge in [0, 0.05) is 0 Å². The highest BCUT2D eigenvalue weighted by atomic mass is 19.1. The van der Waals surface area contributed by atoms with Gasteiger partial charge in [0.2, 0.25) is 0 Å². The molecule has 2 aromatic rings. The van der Waals surface area contributed by atoms with Gasteiger partial charge in [0.1, 0.15) is 0 Å². The first-order valence-corrected chi connectivity index (χ1v) is 4.92. The molecule has 0 saturated heterocycles. The Hall–Kier alpha value is -1.41. The predicted molar refractivity (Wildman–Crippen MR) is 59.5 cm³/mol. The topological polar surface area (TPSA) is 20.2 Å². The zero-order valence-corrected chi connectivity index (χ0v) is 8.57. The summed E-state index contributed by atoms with van der Waals surface area (Å²) in [5.74, 6) is 0. The lowest BCUT2D eigenvalue weighted by Crippen LogP contribution is -2.19. The van der Waals surface area contributed by atoms with E-state index in [-0.39, 0.29) is 0 Å². The van der Waals surface area contributed by atoms with Crippen LogP contribution in [0.15, 0.2) is 42.5 Å². The molecule has 0 spiro atoms. The van der Waals surface area contributed by atoms with E-state index < -0.39 is 12.3 Å². The molecule has 0 aliphatic carbocycles. The lowest BCUT2D eigenvalue weighted by atomic mass is 9.96. The fraction of sp³-hybridized carbons (Fsp3) is 0.231. The third kappa shape index (κ3) is 1.85.